The molecule has 4 rings (SSSR count). The predicted molar refractivity (Wildman–Crippen MR) is 77.1 cm³/mol. The molecule has 0 radical (unpaired) electrons. The highest BCUT2D eigenvalue weighted by molar-refractivity contribution is 6.02. The van der Waals surface area contributed by atoms with Crippen LogP contribution in [0.2, 0.25) is 0 Å². The van der Waals surface area contributed by atoms with E-state index < -0.39 is 5.63 Å². The maximum absolute atomic E-state index is 13.1. The molecule has 0 saturated heterocycles. The summed E-state index contributed by atoms with van der Waals surface area (Å²) in [5.41, 5.74) is 1.41. The molecule has 0 fully saturated rings. The average molecular weight is 280 g/mol. The largest absolute Gasteiger partial charge is 0.422 e. The van der Waals surface area contributed by atoms with Gasteiger partial charge < -0.3 is 4.42 Å². The van der Waals surface area contributed by atoms with Crippen molar-refractivity contribution in [1.29, 1.82) is 0 Å². The van der Waals surface area contributed by atoms with Gasteiger partial charge in [-0.15, -0.1) is 0 Å². The van der Waals surface area contributed by atoms with Crippen molar-refractivity contribution in [2.75, 3.05) is 0 Å². The summed E-state index contributed by atoms with van der Waals surface area (Å²) in [6, 6.07) is 13.2. The summed E-state index contributed by atoms with van der Waals surface area (Å²) in [5, 5.41) is 5.43. The molecule has 102 valence electrons. The van der Waals surface area contributed by atoms with Crippen LogP contribution in [0.3, 0.4) is 0 Å². The molecule has 21 heavy (non-hydrogen) atoms. The Morgan fingerprint density at radius 1 is 1.00 bits per heavy atom. The molecule has 2 aromatic heterocycles. The van der Waals surface area contributed by atoms with Gasteiger partial charge in [0, 0.05) is 5.39 Å². The van der Waals surface area contributed by atoms with Gasteiger partial charge in [0.1, 0.15) is 16.8 Å². The summed E-state index contributed by atoms with van der Waals surface area (Å²) in [6.07, 6.45) is 1.47. The van der Waals surface area contributed by atoms with E-state index in [1.165, 1.54) is 18.3 Å². The lowest BCUT2D eigenvalue weighted by atomic mass is 10.2. The van der Waals surface area contributed by atoms with Crippen LogP contribution in [0.1, 0.15) is 0 Å². The predicted octanol–water partition coefficient (Wildman–Crippen LogP) is 3.27. The second-order valence-electron chi connectivity index (χ2n) is 4.68. The number of para-hydroxylation sites is 1. The van der Waals surface area contributed by atoms with Gasteiger partial charge in [-0.25, -0.2) is 13.9 Å². The number of aromatic nitrogens is 2. The number of halogens is 1. The first-order valence-electron chi connectivity index (χ1n) is 6.39. The van der Waals surface area contributed by atoms with E-state index >= 15 is 0 Å². The van der Waals surface area contributed by atoms with Crippen LogP contribution in [-0.2, 0) is 0 Å². The molecular weight excluding hydrogens is 271 g/mol. The zero-order chi connectivity index (χ0) is 14.4. The van der Waals surface area contributed by atoms with Crippen molar-refractivity contribution in [3.8, 4) is 5.69 Å². The van der Waals surface area contributed by atoms with Crippen molar-refractivity contribution < 1.29 is 8.81 Å². The molecule has 4 aromatic rings. The third-order valence-corrected chi connectivity index (χ3v) is 3.41. The molecule has 0 spiro atoms. The summed E-state index contributed by atoms with van der Waals surface area (Å²) in [5.74, 6) is -0.320. The molecule has 0 atom stereocenters. The first-order valence-corrected chi connectivity index (χ1v) is 6.39. The van der Waals surface area contributed by atoms with Crippen molar-refractivity contribution in [3.63, 3.8) is 0 Å². The van der Waals surface area contributed by atoms with E-state index in [1.54, 1.807) is 28.9 Å². The van der Waals surface area contributed by atoms with Gasteiger partial charge in [0.15, 0.2) is 0 Å². The van der Waals surface area contributed by atoms with Crippen molar-refractivity contribution in [2.24, 2.45) is 0 Å². The molecule has 0 aliphatic carbocycles. The Hall–Kier alpha value is -2.95. The molecule has 0 N–H and O–H groups in total. The third kappa shape index (κ3) is 1.74. The highest BCUT2D eigenvalue weighted by Crippen LogP contribution is 2.24. The maximum Gasteiger partial charge on any atom is 0.347 e. The minimum Gasteiger partial charge on any atom is -0.422 e. The summed E-state index contributed by atoms with van der Waals surface area (Å²) in [4.78, 5) is 12.0. The van der Waals surface area contributed by atoms with Crippen molar-refractivity contribution in [1.82, 2.24) is 9.78 Å². The van der Waals surface area contributed by atoms with Gasteiger partial charge >= 0.3 is 5.63 Å². The van der Waals surface area contributed by atoms with Crippen LogP contribution in [0.5, 0.6) is 0 Å². The van der Waals surface area contributed by atoms with Crippen LogP contribution in [-0.4, -0.2) is 9.78 Å². The van der Waals surface area contributed by atoms with Crippen LogP contribution >= 0.6 is 0 Å². The highest BCUT2D eigenvalue weighted by atomic mass is 19.1. The normalized spacial score (nSPS) is 11.3. The lowest BCUT2D eigenvalue weighted by molar-refractivity contribution is 0.569. The van der Waals surface area contributed by atoms with Crippen molar-refractivity contribution >= 4 is 21.9 Å². The van der Waals surface area contributed by atoms with Crippen molar-refractivity contribution in [3.05, 3.63) is 71.0 Å². The zero-order valence-electron chi connectivity index (χ0n) is 10.8. The Morgan fingerprint density at radius 2 is 1.76 bits per heavy atom. The lowest BCUT2D eigenvalue weighted by Crippen LogP contribution is -2.01. The van der Waals surface area contributed by atoms with E-state index in [0.717, 1.165) is 5.39 Å². The molecule has 0 unspecified atom stereocenters. The molecule has 0 bridgehead atoms. The number of benzene rings is 2. The lowest BCUT2D eigenvalue weighted by Gasteiger charge is -2.05. The summed E-state index contributed by atoms with van der Waals surface area (Å²) in [6.45, 7) is 0. The SMILES string of the molecule is O=c1oc2ccccc2c2c1cnn2-c1ccc(F)cc1. The fraction of sp³-hybridized carbons (Fsp3) is 0. The molecule has 2 heterocycles. The van der Waals surface area contributed by atoms with Crippen LogP contribution < -0.4 is 5.63 Å². The summed E-state index contributed by atoms with van der Waals surface area (Å²) in [7, 11) is 0. The van der Waals surface area contributed by atoms with Gasteiger partial charge in [0.2, 0.25) is 0 Å². The summed E-state index contributed by atoms with van der Waals surface area (Å²) < 4.78 is 20.0. The van der Waals surface area contributed by atoms with Gasteiger partial charge in [-0.1, -0.05) is 12.1 Å². The smallest absolute Gasteiger partial charge is 0.347 e. The van der Waals surface area contributed by atoms with Gasteiger partial charge in [0.05, 0.1) is 17.4 Å². The number of fused-ring (bicyclic) bond motifs is 3. The molecule has 0 saturated carbocycles. The Morgan fingerprint density at radius 3 is 2.57 bits per heavy atom. The van der Waals surface area contributed by atoms with Crippen LogP contribution in [0, 0.1) is 5.82 Å². The minimum atomic E-state index is -0.433. The van der Waals surface area contributed by atoms with Crippen LogP contribution in [0.4, 0.5) is 4.39 Å². The molecule has 2 aromatic carbocycles. The Labute approximate surface area is 118 Å². The van der Waals surface area contributed by atoms with Gasteiger partial charge in [-0.05, 0) is 36.4 Å². The van der Waals surface area contributed by atoms with E-state index in [2.05, 4.69) is 5.10 Å². The monoisotopic (exact) mass is 280 g/mol. The van der Waals surface area contributed by atoms with E-state index in [0.29, 0.717) is 22.2 Å². The molecule has 5 heteroatoms. The van der Waals surface area contributed by atoms with Gasteiger partial charge in [-0.3, -0.25) is 0 Å². The van der Waals surface area contributed by atoms with E-state index in [4.69, 9.17) is 4.42 Å². The number of nitrogens with zero attached hydrogens (tertiary/aromatic N) is 2. The van der Waals surface area contributed by atoms with E-state index in [1.807, 2.05) is 12.1 Å². The highest BCUT2D eigenvalue weighted by Gasteiger charge is 2.13. The first-order chi connectivity index (χ1) is 10.2. The zero-order valence-corrected chi connectivity index (χ0v) is 10.8. The first kappa shape index (κ1) is 11.8. The summed E-state index contributed by atoms with van der Waals surface area (Å²) >= 11 is 0. The topological polar surface area (TPSA) is 48.0 Å². The van der Waals surface area contributed by atoms with E-state index in [-0.39, 0.29) is 5.82 Å². The third-order valence-electron chi connectivity index (χ3n) is 3.41. The second kappa shape index (κ2) is 4.28. The maximum atomic E-state index is 13.1. The molecule has 0 aliphatic rings. The molecular formula is C16H9FN2O2. The molecule has 0 aliphatic heterocycles. The average Bonchev–Trinajstić information content (AvgIpc) is 2.94. The second-order valence-corrected chi connectivity index (χ2v) is 4.68. The standard InChI is InChI=1S/C16H9FN2O2/c17-10-5-7-11(8-6-10)19-15-12-3-1-2-4-14(12)21-16(20)13(15)9-18-19/h1-9H. The van der Waals surface area contributed by atoms with Crippen molar-refractivity contribution in [2.45, 2.75) is 0 Å². The van der Waals surface area contributed by atoms with Crippen LogP contribution in [0.15, 0.2) is 63.9 Å². The number of hydrogen-bond donors (Lipinski definition) is 0. The minimum absolute atomic E-state index is 0.320. The van der Waals surface area contributed by atoms with E-state index in [9.17, 15) is 9.18 Å². The van der Waals surface area contributed by atoms with Crippen LogP contribution in [0.25, 0.3) is 27.6 Å². The Kier molecular flexibility index (Phi) is 2.41. The molecule has 4 nitrogen and oxygen atoms in total. The fourth-order valence-corrected chi connectivity index (χ4v) is 2.44. The quantitative estimate of drug-likeness (QED) is 0.503. The van der Waals surface area contributed by atoms with Gasteiger partial charge in [0.25, 0.3) is 0 Å². The Bertz CT molecular complexity index is 1020. The molecule has 0 amide bonds. The van der Waals surface area contributed by atoms with Gasteiger partial charge in [-0.2, -0.15) is 5.10 Å². The fourth-order valence-electron chi connectivity index (χ4n) is 2.44. The number of hydrogen-bond acceptors (Lipinski definition) is 3. The Balaban J connectivity index is 2.15. The number of rotatable bonds is 1.